The first kappa shape index (κ1) is 27.0. The number of alkyl carbamates (subject to hydrolysis) is 1. The minimum atomic E-state index is -0.864. The molecule has 4 unspecified atom stereocenters. The lowest BCUT2D eigenvalue weighted by molar-refractivity contribution is -0.143. The molecule has 6 rings (SSSR count). The maximum absolute atomic E-state index is 13.5. The van der Waals surface area contributed by atoms with Gasteiger partial charge in [0.1, 0.15) is 12.6 Å². The molecule has 212 valence electrons. The summed E-state index contributed by atoms with van der Waals surface area (Å²) in [4.78, 5) is 40.3. The highest BCUT2D eigenvalue weighted by Gasteiger charge is 2.65. The Morgan fingerprint density at radius 3 is 2.22 bits per heavy atom. The Balaban J connectivity index is 1.12. The summed E-state index contributed by atoms with van der Waals surface area (Å²) >= 11 is 0. The molecule has 0 heterocycles. The summed E-state index contributed by atoms with van der Waals surface area (Å²) in [5.74, 6) is -1.08. The molecule has 0 radical (unpaired) electrons. The third-order valence-electron chi connectivity index (χ3n) is 8.93. The first-order valence-corrected chi connectivity index (χ1v) is 14.2. The Morgan fingerprint density at radius 1 is 0.951 bits per heavy atom. The Hall–Kier alpha value is -4.17. The number of hydrogen-bond acceptors (Lipinski definition) is 5. The molecule has 8 nitrogen and oxygen atoms in total. The highest BCUT2D eigenvalue weighted by atomic mass is 16.5. The lowest BCUT2D eigenvalue weighted by Crippen LogP contribution is -2.54. The molecule has 2 fully saturated rings. The molecule has 0 aliphatic heterocycles. The predicted molar refractivity (Wildman–Crippen MR) is 154 cm³/mol. The molecule has 41 heavy (non-hydrogen) atoms. The van der Waals surface area contributed by atoms with E-state index in [1.165, 1.54) is 0 Å². The second-order valence-corrected chi connectivity index (χ2v) is 11.7. The number of carboxylic acid groups (broad SMARTS) is 1. The molecule has 3 aliphatic rings. The SMILES string of the molecule is CN(Cc1ccccc1)CC(NC(=O)OCC1c2ccccc2-c2ccccc21)C(=O)NC1CC2CC2(C(=O)O)C1. The van der Waals surface area contributed by atoms with Crippen LogP contribution in [0, 0.1) is 11.3 Å². The Labute approximate surface area is 239 Å². The van der Waals surface area contributed by atoms with Crippen LogP contribution < -0.4 is 10.6 Å². The van der Waals surface area contributed by atoms with Crippen LogP contribution in [0.2, 0.25) is 0 Å². The molecule has 0 spiro atoms. The van der Waals surface area contributed by atoms with Gasteiger partial charge in [0.25, 0.3) is 0 Å². The zero-order chi connectivity index (χ0) is 28.6. The average molecular weight is 554 g/mol. The monoisotopic (exact) mass is 553 g/mol. The summed E-state index contributed by atoms with van der Waals surface area (Å²) in [6.07, 6.45) is 1.10. The van der Waals surface area contributed by atoms with E-state index in [2.05, 4.69) is 34.9 Å². The van der Waals surface area contributed by atoms with E-state index >= 15 is 0 Å². The summed E-state index contributed by atoms with van der Waals surface area (Å²) in [5, 5.41) is 15.5. The zero-order valence-electron chi connectivity index (χ0n) is 23.1. The van der Waals surface area contributed by atoms with Crippen molar-refractivity contribution in [2.24, 2.45) is 11.3 Å². The number of hydrogen-bond donors (Lipinski definition) is 3. The Kier molecular flexibility index (Phi) is 7.26. The number of carbonyl (C=O) groups excluding carboxylic acids is 2. The number of benzene rings is 3. The topological polar surface area (TPSA) is 108 Å². The summed E-state index contributed by atoms with van der Waals surface area (Å²) in [5.41, 5.74) is 4.92. The quantitative estimate of drug-likeness (QED) is 0.344. The first-order chi connectivity index (χ1) is 19.8. The van der Waals surface area contributed by atoms with Crippen LogP contribution in [0.15, 0.2) is 78.9 Å². The van der Waals surface area contributed by atoms with Crippen molar-refractivity contribution in [2.75, 3.05) is 20.2 Å². The number of carbonyl (C=O) groups is 3. The maximum Gasteiger partial charge on any atom is 0.407 e. The summed E-state index contributed by atoms with van der Waals surface area (Å²) in [6.45, 7) is 1.02. The third-order valence-corrected chi connectivity index (χ3v) is 8.93. The van der Waals surface area contributed by atoms with Crippen LogP contribution in [0.4, 0.5) is 4.79 Å². The highest BCUT2D eigenvalue weighted by Crippen LogP contribution is 2.63. The second kappa shape index (κ2) is 11.0. The van der Waals surface area contributed by atoms with E-state index in [0.717, 1.165) is 27.8 Å². The highest BCUT2D eigenvalue weighted by molar-refractivity contribution is 5.87. The fourth-order valence-corrected chi connectivity index (χ4v) is 6.81. The lowest BCUT2D eigenvalue weighted by Gasteiger charge is -2.26. The fourth-order valence-electron chi connectivity index (χ4n) is 6.81. The third kappa shape index (κ3) is 5.44. The van der Waals surface area contributed by atoms with Crippen LogP contribution in [-0.4, -0.2) is 60.3 Å². The predicted octanol–water partition coefficient (Wildman–Crippen LogP) is 4.40. The van der Waals surface area contributed by atoms with Gasteiger partial charge in [0.05, 0.1) is 5.41 Å². The number of nitrogens with zero attached hydrogens (tertiary/aromatic N) is 1. The van der Waals surface area contributed by atoms with E-state index < -0.39 is 23.5 Å². The number of carboxylic acids is 1. The number of rotatable bonds is 10. The Bertz CT molecular complexity index is 1410. The first-order valence-electron chi connectivity index (χ1n) is 14.2. The molecular weight excluding hydrogens is 518 g/mol. The molecule has 3 N–H and O–H groups in total. The molecule has 0 bridgehead atoms. The number of ether oxygens (including phenoxy) is 1. The van der Waals surface area contributed by atoms with Gasteiger partial charge in [-0.2, -0.15) is 0 Å². The van der Waals surface area contributed by atoms with Gasteiger partial charge < -0.3 is 20.5 Å². The van der Waals surface area contributed by atoms with Gasteiger partial charge in [0, 0.05) is 25.0 Å². The smallest absolute Gasteiger partial charge is 0.407 e. The van der Waals surface area contributed by atoms with Gasteiger partial charge in [-0.3, -0.25) is 14.5 Å². The van der Waals surface area contributed by atoms with Crippen molar-refractivity contribution in [1.82, 2.24) is 15.5 Å². The van der Waals surface area contributed by atoms with E-state index in [0.29, 0.717) is 25.8 Å². The molecule has 8 heteroatoms. The number of aliphatic carboxylic acids is 1. The number of fused-ring (bicyclic) bond motifs is 4. The van der Waals surface area contributed by atoms with Crippen molar-refractivity contribution < 1.29 is 24.2 Å². The molecule has 3 aromatic carbocycles. The summed E-state index contributed by atoms with van der Waals surface area (Å²) in [6, 6.07) is 25.1. The van der Waals surface area contributed by atoms with Crippen LogP contribution in [-0.2, 0) is 20.9 Å². The van der Waals surface area contributed by atoms with Gasteiger partial charge in [0.15, 0.2) is 0 Å². The minimum absolute atomic E-state index is 0.0846. The van der Waals surface area contributed by atoms with Crippen molar-refractivity contribution >= 4 is 18.0 Å². The summed E-state index contributed by atoms with van der Waals surface area (Å²) in [7, 11) is 1.90. The normalized spacial score (nSPS) is 22.8. The average Bonchev–Trinajstić information content (AvgIpc) is 3.40. The molecule has 0 aromatic heterocycles. The molecule has 0 saturated heterocycles. The van der Waals surface area contributed by atoms with E-state index in [9.17, 15) is 19.5 Å². The number of likely N-dealkylation sites (N-methyl/N-ethyl adjacent to an activating group) is 1. The van der Waals surface area contributed by atoms with E-state index in [-0.39, 0.29) is 36.9 Å². The van der Waals surface area contributed by atoms with Crippen molar-refractivity contribution in [2.45, 2.75) is 43.8 Å². The van der Waals surface area contributed by atoms with E-state index in [4.69, 9.17) is 4.74 Å². The Morgan fingerprint density at radius 2 is 1.59 bits per heavy atom. The van der Waals surface area contributed by atoms with Crippen molar-refractivity contribution in [1.29, 1.82) is 0 Å². The van der Waals surface area contributed by atoms with Crippen LogP contribution in [0.1, 0.15) is 41.9 Å². The van der Waals surface area contributed by atoms with Crippen LogP contribution in [0.5, 0.6) is 0 Å². The van der Waals surface area contributed by atoms with Crippen LogP contribution >= 0.6 is 0 Å². The van der Waals surface area contributed by atoms with E-state index in [1.807, 2.05) is 66.5 Å². The fraction of sp³-hybridized carbons (Fsp3) is 0.364. The molecule has 3 aliphatic carbocycles. The van der Waals surface area contributed by atoms with Gasteiger partial charge in [-0.15, -0.1) is 0 Å². The second-order valence-electron chi connectivity index (χ2n) is 11.7. The minimum Gasteiger partial charge on any atom is -0.481 e. The molecule has 3 aromatic rings. The van der Waals surface area contributed by atoms with Crippen molar-refractivity contribution in [3.05, 3.63) is 95.6 Å². The van der Waals surface area contributed by atoms with Gasteiger partial charge in [-0.05, 0) is 60.0 Å². The van der Waals surface area contributed by atoms with Gasteiger partial charge in [0.2, 0.25) is 5.91 Å². The molecule has 4 atom stereocenters. The van der Waals surface area contributed by atoms with E-state index in [1.54, 1.807) is 0 Å². The van der Waals surface area contributed by atoms with Crippen LogP contribution in [0.25, 0.3) is 11.1 Å². The zero-order valence-corrected chi connectivity index (χ0v) is 23.1. The summed E-state index contributed by atoms with van der Waals surface area (Å²) < 4.78 is 5.74. The van der Waals surface area contributed by atoms with Gasteiger partial charge in [-0.25, -0.2) is 4.79 Å². The molecular formula is C33H35N3O5. The number of nitrogens with one attached hydrogen (secondary N) is 2. The molecule has 2 saturated carbocycles. The van der Waals surface area contributed by atoms with Crippen molar-refractivity contribution in [3.63, 3.8) is 0 Å². The van der Waals surface area contributed by atoms with Gasteiger partial charge >= 0.3 is 12.1 Å². The lowest BCUT2D eigenvalue weighted by atomic mass is 9.98. The van der Waals surface area contributed by atoms with Crippen LogP contribution in [0.3, 0.4) is 0 Å². The standard InChI is InChI=1S/C33H35N3O5/c1-36(18-21-9-3-2-4-10-21)19-29(30(37)34-23-15-22-16-33(22,17-23)31(38)39)35-32(40)41-20-28-26-13-7-5-11-24(26)25-12-6-8-14-27(25)28/h2-14,22-23,28-29H,15-20H2,1H3,(H,34,37)(H,35,40)(H,38,39). The largest absolute Gasteiger partial charge is 0.481 e. The van der Waals surface area contributed by atoms with Crippen molar-refractivity contribution in [3.8, 4) is 11.1 Å². The number of amides is 2. The molecule has 2 amide bonds. The van der Waals surface area contributed by atoms with Gasteiger partial charge in [-0.1, -0.05) is 78.9 Å². The maximum atomic E-state index is 13.5.